The highest BCUT2D eigenvalue weighted by molar-refractivity contribution is 6.05. The molecule has 0 aliphatic heterocycles. The fraction of sp³-hybridized carbons (Fsp3) is 0.0909. The second kappa shape index (κ2) is 6.96. The molecule has 0 saturated carbocycles. The molecule has 27 heavy (non-hydrogen) atoms. The second-order valence-electron chi connectivity index (χ2n) is 6.20. The smallest absolute Gasteiger partial charge is 0.255 e. The van der Waals surface area contributed by atoms with Crippen LogP contribution in [-0.2, 0) is 0 Å². The number of carbonyl (C=O) groups excluding carboxylic acids is 1. The number of rotatable bonds is 4. The Bertz CT molecular complexity index is 1130. The van der Waals surface area contributed by atoms with E-state index >= 15 is 0 Å². The van der Waals surface area contributed by atoms with Crippen LogP contribution < -0.4 is 10.1 Å². The van der Waals surface area contributed by atoms with E-state index in [0.29, 0.717) is 22.7 Å². The zero-order valence-electron chi connectivity index (χ0n) is 15.0. The van der Waals surface area contributed by atoms with Crippen molar-refractivity contribution in [2.24, 2.45) is 0 Å². The minimum Gasteiger partial charge on any atom is -0.497 e. The maximum atomic E-state index is 12.5. The Balaban J connectivity index is 1.63. The first-order valence-corrected chi connectivity index (χ1v) is 8.56. The van der Waals surface area contributed by atoms with Gasteiger partial charge in [-0.15, -0.1) is 0 Å². The number of nitrogens with one attached hydrogen (secondary N) is 1. The van der Waals surface area contributed by atoms with Gasteiger partial charge in [0.15, 0.2) is 5.58 Å². The van der Waals surface area contributed by atoms with E-state index in [9.17, 15) is 4.79 Å². The number of aromatic nitrogens is 1. The second-order valence-corrected chi connectivity index (χ2v) is 6.20. The van der Waals surface area contributed by atoms with E-state index in [1.807, 2.05) is 61.5 Å². The number of aryl methyl sites for hydroxylation is 1. The molecule has 5 heteroatoms. The van der Waals surface area contributed by atoms with Crippen molar-refractivity contribution in [1.29, 1.82) is 0 Å². The van der Waals surface area contributed by atoms with Crippen LogP contribution in [0.3, 0.4) is 0 Å². The summed E-state index contributed by atoms with van der Waals surface area (Å²) in [5, 5.41) is 2.91. The van der Waals surface area contributed by atoms with E-state index in [1.54, 1.807) is 19.2 Å². The summed E-state index contributed by atoms with van der Waals surface area (Å²) < 4.78 is 11.1. The SMILES string of the molecule is COc1cccc(-c2nc3ccc(NC(=O)c4ccccc4C)cc3o2)c1. The molecular weight excluding hydrogens is 340 g/mol. The zero-order valence-corrected chi connectivity index (χ0v) is 15.0. The van der Waals surface area contributed by atoms with E-state index < -0.39 is 0 Å². The Hall–Kier alpha value is -3.60. The third-order valence-electron chi connectivity index (χ3n) is 4.35. The standard InChI is InChI=1S/C22H18N2O3/c1-14-6-3-4-9-18(14)21(25)23-16-10-11-19-20(13-16)27-22(24-19)15-7-5-8-17(12-15)26-2/h3-13H,1-2H3,(H,23,25). The maximum absolute atomic E-state index is 12.5. The van der Waals surface area contributed by atoms with Gasteiger partial charge in [-0.2, -0.15) is 0 Å². The molecule has 0 aliphatic rings. The van der Waals surface area contributed by atoms with Crippen LogP contribution in [0.15, 0.2) is 71.1 Å². The van der Waals surface area contributed by atoms with Crippen LogP contribution in [-0.4, -0.2) is 18.0 Å². The average molecular weight is 358 g/mol. The van der Waals surface area contributed by atoms with Gasteiger partial charge in [-0.3, -0.25) is 4.79 Å². The van der Waals surface area contributed by atoms with Gasteiger partial charge in [0.25, 0.3) is 5.91 Å². The summed E-state index contributed by atoms with van der Waals surface area (Å²) in [5.74, 6) is 1.09. The summed E-state index contributed by atoms with van der Waals surface area (Å²) in [7, 11) is 1.62. The molecule has 0 radical (unpaired) electrons. The van der Waals surface area contributed by atoms with Crippen LogP contribution in [0.2, 0.25) is 0 Å². The summed E-state index contributed by atoms with van der Waals surface area (Å²) in [6.45, 7) is 1.91. The van der Waals surface area contributed by atoms with E-state index in [0.717, 1.165) is 22.4 Å². The lowest BCUT2D eigenvalue weighted by Gasteiger charge is -2.07. The Kier molecular flexibility index (Phi) is 4.34. The molecule has 1 N–H and O–H groups in total. The highest BCUT2D eigenvalue weighted by Crippen LogP contribution is 2.28. The molecule has 0 bridgehead atoms. The van der Waals surface area contributed by atoms with Crippen LogP contribution in [0.25, 0.3) is 22.6 Å². The molecule has 0 aliphatic carbocycles. The number of anilines is 1. The van der Waals surface area contributed by atoms with Gasteiger partial charge in [-0.1, -0.05) is 24.3 Å². The quantitative estimate of drug-likeness (QED) is 0.553. The van der Waals surface area contributed by atoms with Crippen molar-refractivity contribution in [2.75, 3.05) is 12.4 Å². The number of nitrogens with zero attached hydrogens (tertiary/aromatic N) is 1. The predicted octanol–water partition coefficient (Wildman–Crippen LogP) is 5.06. The molecule has 134 valence electrons. The zero-order chi connectivity index (χ0) is 18.8. The first-order valence-electron chi connectivity index (χ1n) is 8.56. The van der Waals surface area contributed by atoms with Gasteiger partial charge in [0, 0.05) is 22.9 Å². The third-order valence-corrected chi connectivity index (χ3v) is 4.35. The molecule has 3 aromatic carbocycles. The average Bonchev–Trinajstić information content (AvgIpc) is 3.12. The van der Waals surface area contributed by atoms with E-state index in [4.69, 9.17) is 9.15 Å². The molecule has 0 unspecified atom stereocenters. The van der Waals surface area contributed by atoms with Gasteiger partial charge in [0.05, 0.1) is 7.11 Å². The molecular formula is C22H18N2O3. The summed E-state index contributed by atoms with van der Waals surface area (Å²) in [5.41, 5.74) is 4.39. The summed E-state index contributed by atoms with van der Waals surface area (Å²) >= 11 is 0. The molecule has 0 fully saturated rings. The maximum Gasteiger partial charge on any atom is 0.255 e. The number of hydrogen-bond acceptors (Lipinski definition) is 4. The lowest BCUT2D eigenvalue weighted by molar-refractivity contribution is 0.102. The van der Waals surface area contributed by atoms with Crippen molar-refractivity contribution in [3.63, 3.8) is 0 Å². The summed E-state index contributed by atoms with van der Waals surface area (Å²) in [6.07, 6.45) is 0. The van der Waals surface area contributed by atoms with Crippen molar-refractivity contribution in [2.45, 2.75) is 6.92 Å². The van der Waals surface area contributed by atoms with Crippen molar-refractivity contribution >= 4 is 22.7 Å². The lowest BCUT2D eigenvalue weighted by Crippen LogP contribution is -2.13. The molecule has 0 atom stereocenters. The third kappa shape index (κ3) is 3.40. The largest absolute Gasteiger partial charge is 0.497 e. The predicted molar refractivity (Wildman–Crippen MR) is 105 cm³/mol. The molecule has 0 spiro atoms. The van der Waals surface area contributed by atoms with E-state index in [1.165, 1.54) is 0 Å². The Morgan fingerprint density at radius 2 is 1.89 bits per heavy atom. The van der Waals surface area contributed by atoms with Crippen LogP contribution in [0.5, 0.6) is 5.75 Å². The van der Waals surface area contributed by atoms with Crippen LogP contribution in [0.4, 0.5) is 5.69 Å². The number of oxazole rings is 1. The molecule has 1 amide bonds. The molecule has 1 heterocycles. The van der Waals surface area contributed by atoms with Gasteiger partial charge < -0.3 is 14.5 Å². The van der Waals surface area contributed by atoms with Gasteiger partial charge in [-0.25, -0.2) is 4.98 Å². The van der Waals surface area contributed by atoms with Gasteiger partial charge in [0.1, 0.15) is 11.3 Å². The fourth-order valence-electron chi connectivity index (χ4n) is 2.91. The highest BCUT2D eigenvalue weighted by Gasteiger charge is 2.12. The Labute approximate surface area is 156 Å². The molecule has 1 aromatic heterocycles. The topological polar surface area (TPSA) is 64.4 Å². The van der Waals surface area contributed by atoms with E-state index in [-0.39, 0.29) is 5.91 Å². The summed E-state index contributed by atoms with van der Waals surface area (Å²) in [6, 6.07) is 20.4. The van der Waals surface area contributed by atoms with Crippen molar-refractivity contribution in [3.8, 4) is 17.2 Å². The van der Waals surface area contributed by atoms with Gasteiger partial charge >= 0.3 is 0 Å². The number of ether oxygens (including phenoxy) is 1. The minimum atomic E-state index is -0.153. The summed E-state index contributed by atoms with van der Waals surface area (Å²) in [4.78, 5) is 17.0. The minimum absolute atomic E-state index is 0.153. The first-order chi connectivity index (χ1) is 13.1. The van der Waals surface area contributed by atoms with Crippen LogP contribution in [0, 0.1) is 6.92 Å². The van der Waals surface area contributed by atoms with Crippen LogP contribution >= 0.6 is 0 Å². The number of carbonyl (C=O) groups is 1. The number of hydrogen-bond donors (Lipinski definition) is 1. The number of amides is 1. The van der Waals surface area contributed by atoms with Crippen LogP contribution in [0.1, 0.15) is 15.9 Å². The number of methoxy groups -OCH3 is 1. The van der Waals surface area contributed by atoms with Crippen molar-refractivity contribution in [1.82, 2.24) is 4.98 Å². The molecule has 5 nitrogen and oxygen atoms in total. The van der Waals surface area contributed by atoms with Crippen molar-refractivity contribution < 1.29 is 13.9 Å². The normalized spacial score (nSPS) is 10.7. The molecule has 4 rings (SSSR count). The highest BCUT2D eigenvalue weighted by atomic mass is 16.5. The van der Waals surface area contributed by atoms with Gasteiger partial charge in [-0.05, 0) is 48.9 Å². The Morgan fingerprint density at radius 1 is 1.04 bits per heavy atom. The number of fused-ring (bicyclic) bond motifs is 1. The molecule has 0 saturated heterocycles. The fourth-order valence-corrected chi connectivity index (χ4v) is 2.91. The lowest BCUT2D eigenvalue weighted by atomic mass is 10.1. The monoisotopic (exact) mass is 358 g/mol. The Morgan fingerprint density at radius 3 is 2.70 bits per heavy atom. The first kappa shape index (κ1) is 16.8. The van der Waals surface area contributed by atoms with E-state index in [2.05, 4.69) is 10.3 Å². The van der Waals surface area contributed by atoms with Gasteiger partial charge in [0.2, 0.25) is 5.89 Å². The molecule has 4 aromatic rings. The van der Waals surface area contributed by atoms with Crippen molar-refractivity contribution in [3.05, 3.63) is 77.9 Å². The number of benzene rings is 3.